The largest absolute Gasteiger partial charge is 0.384 e. The van der Waals surface area contributed by atoms with Crippen LogP contribution in [0.5, 0.6) is 0 Å². The van der Waals surface area contributed by atoms with Crippen molar-refractivity contribution in [3.63, 3.8) is 0 Å². The summed E-state index contributed by atoms with van der Waals surface area (Å²) in [6.07, 6.45) is 2.51. The lowest BCUT2D eigenvalue weighted by Gasteiger charge is -2.36. The first kappa shape index (κ1) is 15.5. The fraction of sp³-hybridized carbons (Fsp3) is 0.625. The fourth-order valence-corrected chi connectivity index (χ4v) is 3.63. The molecule has 0 amide bonds. The van der Waals surface area contributed by atoms with Gasteiger partial charge in [-0.15, -0.1) is 11.3 Å². The highest BCUT2D eigenvalue weighted by atomic mass is 32.1. The Morgan fingerprint density at radius 1 is 1.45 bits per heavy atom. The Kier molecular flexibility index (Phi) is 6.06. The minimum absolute atomic E-state index is 0.0688. The molecule has 1 saturated heterocycles. The number of nitrogens with zero attached hydrogens (tertiary/aromatic N) is 2. The number of piperidine rings is 1. The van der Waals surface area contributed by atoms with Crippen molar-refractivity contribution in [3.05, 3.63) is 21.9 Å². The van der Waals surface area contributed by atoms with Crippen LogP contribution in [-0.4, -0.2) is 54.2 Å². The normalized spacial score (nSPS) is 17.2. The molecule has 0 aliphatic carbocycles. The van der Waals surface area contributed by atoms with Crippen molar-refractivity contribution in [2.75, 3.05) is 33.3 Å². The van der Waals surface area contributed by atoms with E-state index in [4.69, 9.17) is 5.11 Å². The molecule has 0 spiro atoms. The molecule has 0 bridgehead atoms. The number of hydrogen-bond donors (Lipinski definition) is 1. The Hall–Kier alpha value is -0.860. The number of likely N-dealkylation sites (tertiary alicyclic amines) is 1. The lowest BCUT2D eigenvalue weighted by Crippen LogP contribution is -2.42. The van der Waals surface area contributed by atoms with Crippen molar-refractivity contribution in [2.24, 2.45) is 0 Å². The van der Waals surface area contributed by atoms with E-state index >= 15 is 0 Å². The molecule has 1 aliphatic rings. The van der Waals surface area contributed by atoms with Crippen molar-refractivity contribution < 1.29 is 5.11 Å². The van der Waals surface area contributed by atoms with Crippen molar-refractivity contribution in [2.45, 2.75) is 32.4 Å². The average Bonchev–Trinajstić information content (AvgIpc) is 2.92. The maximum absolute atomic E-state index is 8.80. The summed E-state index contributed by atoms with van der Waals surface area (Å²) in [4.78, 5) is 6.29. The van der Waals surface area contributed by atoms with Gasteiger partial charge in [0, 0.05) is 23.0 Å². The van der Waals surface area contributed by atoms with Gasteiger partial charge in [0.25, 0.3) is 0 Å². The molecule has 2 heterocycles. The van der Waals surface area contributed by atoms with Crippen LogP contribution in [0, 0.1) is 11.8 Å². The first-order valence-corrected chi connectivity index (χ1v) is 8.21. The van der Waals surface area contributed by atoms with Crippen molar-refractivity contribution in [3.8, 4) is 11.8 Å². The van der Waals surface area contributed by atoms with Gasteiger partial charge in [0.2, 0.25) is 0 Å². The van der Waals surface area contributed by atoms with Crippen LogP contribution in [0.4, 0.5) is 0 Å². The molecule has 1 aromatic heterocycles. The van der Waals surface area contributed by atoms with Gasteiger partial charge in [-0.1, -0.05) is 18.8 Å². The van der Waals surface area contributed by atoms with Gasteiger partial charge in [0.15, 0.2) is 0 Å². The first-order valence-electron chi connectivity index (χ1n) is 7.33. The number of hydrogen-bond acceptors (Lipinski definition) is 4. The molecule has 1 aromatic rings. The van der Waals surface area contributed by atoms with Crippen LogP contribution in [0.15, 0.2) is 11.4 Å². The molecule has 1 aliphatic heterocycles. The highest BCUT2D eigenvalue weighted by Gasteiger charge is 2.22. The third-order valence-electron chi connectivity index (χ3n) is 4.07. The monoisotopic (exact) mass is 292 g/mol. The fourth-order valence-electron chi connectivity index (χ4n) is 2.74. The molecule has 0 aromatic carbocycles. The smallest absolute Gasteiger partial charge is 0.104 e. The van der Waals surface area contributed by atoms with E-state index in [0.717, 1.165) is 12.1 Å². The zero-order valence-corrected chi connectivity index (χ0v) is 13.2. The van der Waals surface area contributed by atoms with Crippen LogP contribution in [0.3, 0.4) is 0 Å². The van der Waals surface area contributed by atoms with Crippen LogP contribution in [0.2, 0.25) is 0 Å². The molecule has 2 rings (SSSR count). The van der Waals surface area contributed by atoms with E-state index in [2.05, 4.69) is 47.1 Å². The maximum atomic E-state index is 8.80. The van der Waals surface area contributed by atoms with Gasteiger partial charge in [-0.05, 0) is 51.0 Å². The van der Waals surface area contributed by atoms with Gasteiger partial charge in [-0.25, -0.2) is 0 Å². The molecule has 4 heteroatoms. The molecular formula is C16H24N2OS. The number of aliphatic hydroxyl groups is 1. The summed E-state index contributed by atoms with van der Waals surface area (Å²) in [6.45, 7) is 6.73. The minimum Gasteiger partial charge on any atom is -0.384 e. The Morgan fingerprint density at radius 3 is 2.85 bits per heavy atom. The van der Waals surface area contributed by atoms with E-state index in [0.29, 0.717) is 6.04 Å². The second kappa shape index (κ2) is 7.80. The van der Waals surface area contributed by atoms with Crippen LogP contribution in [0.1, 0.15) is 30.2 Å². The molecule has 0 atom stereocenters. The summed E-state index contributed by atoms with van der Waals surface area (Å²) in [5, 5.41) is 10.9. The van der Waals surface area contributed by atoms with Gasteiger partial charge in [0.05, 0.1) is 0 Å². The van der Waals surface area contributed by atoms with Crippen LogP contribution in [0.25, 0.3) is 0 Å². The number of thiophene rings is 1. The third-order valence-corrected chi connectivity index (χ3v) is 4.97. The Bertz CT molecular complexity index is 466. The summed E-state index contributed by atoms with van der Waals surface area (Å²) in [6, 6.07) is 2.73. The van der Waals surface area contributed by atoms with Gasteiger partial charge in [0.1, 0.15) is 6.61 Å². The summed E-state index contributed by atoms with van der Waals surface area (Å²) in [5.74, 6) is 5.79. The zero-order valence-electron chi connectivity index (χ0n) is 12.4. The molecule has 3 nitrogen and oxygen atoms in total. The average molecular weight is 292 g/mol. The summed E-state index contributed by atoms with van der Waals surface area (Å²) in [7, 11) is 2.22. The second-order valence-electron chi connectivity index (χ2n) is 5.30. The first-order chi connectivity index (χ1) is 9.74. The molecule has 0 saturated carbocycles. The standard InChI is InChI=1S/C16H24N2OS/c1-3-18-9-6-15(7-10-18)17(2)13-16-14(5-4-11-19)8-12-20-16/h8,12,15,19H,3,6-7,9-11,13H2,1-2H3. The van der Waals surface area contributed by atoms with Gasteiger partial charge >= 0.3 is 0 Å². The zero-order chi connectivity index (χ0) is 14.4. The van der Waals surface area contributed by atoms with E-state index in [9.17, 15) is 0 Å². The Morgan fingerprint density at radius 2 is 2.20 bits per heavy atom. The molecular weight excluding hydrogens is 268 g/mol. The van der Waals surface area contributed by atoms with Gasteiger partial charge in [-0.3, -0.25) is 4.90 Å². The molecule has 1 N–H and O–H groups in total. The number of rotatable bonds is 4. The molecule has 110 valence electrons. The summed E-state index contributed by atoms with van der Waals surface area (Å²) < 4.78 is 0. The van der Waals surface area contributed by atoms with Crippen molar-refractivity contribution in [1.29, 1.82) is 0 Å². The quantitative estimate of drug-likeness (QED) is 0.860. The van der Waals surface area contributed by atoms with Crippen LogP contribution < -0.4 is 0 Å². The molecule has 20 heavy (non-hydrogen) atoms. The third kappa shape index (κ3) is 4.07. The highest BCUT2D eigenvalue weighted by Crippen LogP contribution is 2.22. The summed E-state index contributed by atoms with van der Waals surface area (Å²) in [5.41, 5.74) is 1.07. The predicted molar refractivity (Wildman–Crippen MR) is 84.9 cm³/mol. The highest BCUT2D eigenvalue weighted by molar-refractivity contribution is 7.10. The van der Waals surface area contributed by atoms with Gasteiger partial charge < -0.3 is 10.0 Å². The Labute approximate surface area is 126 Å². The SMILES string of the molecule is CCN1CCC(N(C)Cc2sccc2C#CCO)CC1. The van der Waals surface area contributed by atoms with Crippen LogP contribution in [-0.2, 0) is 6.54 Å². The Balaban J connectivity index is 1.91. The lowest BCUT2D eigenvalue weighted by molar-refractivity contribution is 0.128. The van der Waals surface area contributed by atoms with E-state index in [-0.39, 0.29) is 6.61 Å². The van der Waals surface area contributed by atoms with E-state index < -0.39 is 0 Å². The second-order valence-corrected chi connectivity index (χ2v) is 6.30. The van der Waals surface area contributed by atoms with Gasteiger partial charge in [-0.2, -0.15) is 0 Å². The lowest BCUT2D eigenvalue weighted by atomic mass is 10.0. The topological polar surface area (TPSA) is 26.7 Å². The van der Waals surface area contributed by atoms with E-state index in [1.807, 2.05) is 0 Å². The molecule has 0 unspecified atom stereocenters. The minimum atomic E-state index is -0.0688. The van der Waals surface area contributed by atoms with E-state index in [1.165, 1.54) is 37.4 Å². The summed E-state index contributed by atoms with van der Waals surface area (Å²) >= 11 is 1.76. The van der Waals surface area contributed by atoms with E-state index in [1.54, 1.807) is 11.3 Å². The van der Waals surface area contributed by atoms with Crippen molar-refractivity contribution in [1.82, 2.24) is 9.80 Å². The molecule has 0 radical (unpaired) electrons. The number of aliphatic hydroxyl groups excluding tert-OH is 1. The predicted octanol–water partition coefficient (Wildman–Crippen LogP) is 2.01. The van der Waals surface area contributed by atoms with Crippen molar-refractivity contribution >= 4 is 11.3 Å². The molecule has 1 fully saturated rings. The van der Waals surface area contributed by atoms with Crippen LogP contribution >= 0.6 is 11.3 Å². The maximum Gasteiger partial charge on any atom is 0.104 e.